The van der Waals surface area contributed by atoms with E-state index in [1.807, 2.05) is 26.8 Å². The summed E-state index contributed by atoms with van der Waals surface area (Å²) in [6.45, 7) is 5.99. The fraction of sp³-hybridized carbons (Fsp3) is 0.600. The number of H-pyrrole nitrogens is 1. The number of carbonyl (C=O) groups excluding carboxylic acids is 1. The molecule has 1 aliphatic carbocycles. The van der Waals surface area contributed by atoms with Crippen molar-refractivity contribution in [2.24, 2.45) is 0 Å². The molecule has 2 rings (SSSR count). The van der Waals surface area contributed by atoms with E-state index >= 15 is 0 Å². The third kappa shape index (κ3) is 3.40. The van der Waals surface area contributed by atoms with Crippen LogP contribution in [0.5, 0.6) is 0 Å². The number of nitrogens with one attached hydrogen (secondary N) is 2. The van der Waals surface area contributed by atoms with Crippen LogP contribution in [0.25, 0.3) is 0 Å². The van der Waals surface area contributed by atoms with Gasteiger partial charge in [-0.1, -0.05) is 12.5 Å². The molecular formula is C15H22N2O3. The van der Waals surface area contributed by atoms with E-state index in [1.165, 1.54) is 6.07 Å². The summed E-state index contributed by atoms with van der Waals surface area (Å²) in [6, 6.07) is 5.16. The highest BCUT2D eigenvalue weighted by Crippen LogP contribution is 2.41. The number of ether oxygens (including phenoxy) is 1. The SMILES string of the molecule is CC(C)(C)OC(=O)NCC1(c2cccc(=O)[nH]2)CCC1. The number of carbonyl (C=O) groups is 1. The normalized spacial score (nSPS) is 17.1. The molecule has 5 nitrogen and oxygen atoms in total. The molecule has 20 heavy (non-hydrogen) atoms. The largest absolute Gasteiger partial charge is 0.444 e. The molecule has 0 aliphatic heterocycles. The highest BCUT2D eigenvalue weighted by molar-refractivity contribution is 5.67. The molecule has 0 aromatic carbocycles. The minimum atomic E-state index is -0.502. The number of hydrogen-bond donors (Lipinski definition) is 2. The second-order valence-electron chi connectivity index (χ2n) is 6.42. The van der Waals surface area contributed by atoms with E-state index in [0.29, 0.717) is 6.54 Å². The summed E-state index contributed by atoms with van der Waals surface area (Å²) in [7, 11) is 0. The molecule has 0 spiro atoms. The van der Waals surface area contributed by atoms with Crippen LogP contribution in [-0.2, 0) is 10.2 Å². The molecule has 1 aliphatic rings. The molecular weight excluding hydrogens is 256 g/mol. The number of pyridine rings is 1. The number of aromatic nitrogens is 1. The number of amides is 1. The zero-order valence-electron chi connectivity index (χ0n) is 12.3. The van der Waals surface area contributed by atoms with Crippen molar-refractivity contribution in [1.29, 1.82) is 0 Å². The Labute approximate surface area is 118 Å². The van der Waals surface area contributed by atoms with Gasteiger partial charge in [0, 0.05) is 23.7 Å². The molecule has 0 unspecified atom stereocenters. The van der Waals surface area contributed by atoms with E-state index in [-0.39, 0.29) is 11.0 Å². The van der Waals surface area contributed by atoms with Gasteiger partial charge in [0.1, 0.15) is 5.60 Å². The average molecular weight is 278 g/mol. The Morgan fingerprint density at radius 2 is 2.10 bits per heavy atom. The molecule has 1 saturated carbocycles. The smallest absolute Gasteiger partial charge is 0.407 e. The van der Waals surface area contributed by atoms with Crippen LogP contribution in [0.1, 0.15) is 45.7 Å². The van der Waals surface area contributed by atoms with Crippen LogP contribution in [0.4, 0.5) is 4.79 Å². The predicted molar refractivity (Wildman–Crippen MR) is 76.8 cm³/mol. The van der Waals surface area contributed by atoms with E-state index < -0.39 is 11.7 Å². The Kier molecular flexibility index (Phi) is 3.88. The van der Waals surface area contributed by atoms with Gasteiger partial charge in [0.05, 0.1) is 0 Å². The van der Waals surface area contributed by atoms with Gasteiger partial charge in [-0.05, 0) is 39.7 Å². The lowest BCUT2D eigenvalue weighted by atomic mass is 9.66. The molecule has 1 aromatic heterocycles. The van der Waals surface area contributed by atoms with Crippen molar-refractivity contribution in [3.05, 3.63) is 34.2 Å². The first-order chi connectivity index (χ1) is 9.31. The van der Waals surface area contributed by atoms with Crippen molar-refractivity contribution in [1.82, 2.24) is 10.3 Å². The fourth-order valence-electron chi connectivity index (χ4n) is 2.46. The summed E-state index contributed by atoms with van der Waals surface area (Å²) in [4.78, 5) is 26.0. The zero-order chi connectivity index (χ0) is 14.8. The van der Waals surface area contributed by atoms with Gasteiger partial charge in [0.2, 0.25) is 5.56 Å². The topological polar surface area (TPSA) is 71.2 Å². The van der Waals surface area contributed by atoms with E-state index in [2.05, 4.69) is 10.3 Å². The van der Waals surface area contributed by atoms with Crippen molar-refractivity contribution in [3.63, 3.8) is 0 Å². The molecule has 0 bridgehead atoms. The average Bonchev–Trinajstić information content (AvgIpc) is 2.25. The van der Waals surface area contributed by atoms with E-state index in [1.54, 1.807) is 6.07 Å². The van der Waals surface area contributed by atoms with E-state index in [9.17, 15) is 9.59 Å². The lowest BCUT2D eigenvalue weighted by Gasteiger charge is -2.41. The Bertz CT molecular complexity index is 539. The van der Waals surface area contributed by atoms with Crippen LogP contribution in [-0.4, -0.2) is 23.2 Å². The van der Waals surface area contributed by atoms with Crippen LogP contribution in [0.15, 0.2) is 23.0 Å². The lowest BCUT2D eigenvalue weighted by molar-refractivity contribution is 0.0498. The van der Waals surface area contributed by atoms with Gasteiger partial charge in [-0.2, -0.15) is 0 Å². The van der Waals surface area contributed by atoms with Crippen molar-refractivity contribution >= 4 is 6.09 Å². The number of aromatic amines is 1. The molecule has 110 valence electrons. The molecule has 0 atom stereocenters. The van der Waals surface area contributed by atoms with Crippen molar-refractivity contribution in [2.75, 3.05) is 6.54 Å². The Morgan fingerprint density at radius 1 is 1.40 bits per heavy atom. The Hall–Kier alpha value is -1.78. The quantitative estimate of drug-likeness (QED) is 0.891. The third-order valence-corrected chi connectivity index (χ3v) is 3.62. The highest BCUT2D eigenvalue weighted by Gasteiger charge is 2.40. The number of alkyl carbamates (subject to hydrolysis) is 1. The van der Waals surface area contributed by atoms with Gasteiger partial charge in [0.25, 0.3) is 0 Å². The highest BCUT2D eigenvalue weighted by atomic mass is 16.6. The predicted octanol–water partition coefficient (Wildman–Crippen LogP) is 2.32. The summed E-state index contributed by atoms with van der Waals surface area (Å²) in [6.07, 6.45) is 2.61. The number of hydrogen-bond acceptors (Lipinski definition) is 3. The maximum Gasteiger partial charge on any atom is 0.407 e. The summed E-state index contributed by atoms with van der Waals surface area (Å²) in [5.74, 6) is 0. The third-order valence-electron chi connectivity index (χ3n) is 3.62. The number of rotatable bonds is 3. The van der Waals surface area contributed by atoms with Crippen molar-refractivity contribution < 1.29 is 9.53 Å². The van der Waals surface area contributed by atoms with Gasteiger partial charge in [-0.25, -0.2) is 4.79 Å². The molecule has 1 fully saturated rings. The first-order valence-corrected chi connectivity index (χ1v) is 6.97. The van der Waals surface area contributed by atoms with E-state index in [0.717, 1.165) is 25.0 Å². The summed E-state index contributed by atoms with van der Waals surface area (Å²) in [5, 5.41) is 2.82. The minimum absolute atomic E-state index is 0.106. The van der Waals surface area contributed by atoms with Crippen LogP contribution in [0.3, 0.4) is 0 Å². The molecule has 0 saturated heterocycles. The second kappa shape index (κ2) is 5.31. The van der Waals surface area contributed by atoms with Gasteiger partial charge >= 0.3 is 6.09 Å². The fourth-order valence-corrected chi connectivity index (χ4v) is 2.46. The molecule has 1 amide bonds. The van der Waals surface area contributed by atoms with Crippen LogP contribution in [0.2, 0.25) is 0 Å². The van der Waals surface area contributed by atoms with Crippen LogP contribution >= 0.6 is 0 Å². The standard InChI is InChI=1S/C15H22N2O3/c1-14(2,3)20-13(19)16-10-15(8-5-9-15)11-6-4-7-12(18)17-11/h4,6-7H,5,8-10H2,1-3H3,(H,16,19)(H,17,18). The molecule has 1 heterocycles. The monoisotopic (exact) mass is 278 g/mol. The van der Waals surface area contributed by atoms with Crippen LogP contribution < -0.4 is 10.9 Å². The lowest BCUT2D eigenvalue weighted by Crippen LogP contribution is -2.47. The van der Waals surface area contributed by atoms with Gasteiger partial charge in [0.15, 0.2) is 0 Å². The van der Waals surface area contributed by atoms with Crippen molar-refractivity contribution in [3.8, 4) is 0 Å². The zero-order valence-corrected chi connectivity index (χ0v) is 12.3. The van der Waals surface area contributed by atoms with Gasteiger partial charge in [-0.3, -0.25) is 4.79 Å². The van der Waals surface area contributed by atoms with Crippen LogP contribution in [0, 0.1) is 0 Å². The maximum absolute atomic E-state index is 11.7. The van der Waals surface area contributed by atoms with Gasteiger partial charge < -0.3 is 15.0 Å². The molecule has 2 N–H and O–H groups in total. The Morgan fingerprint density at radius 3 is 2.60 bits per heavy atom. The summed E-state index contributed by atoms with van der Waals surface area (Å²) in [5.41, 5.74) is 0.133. The first-order valence-electron chi connectivity index (χ1n) is 6.97. The Balaban J connectivity index is 2.02. The summed E-state index contributed by atoms with van der Waals surface area (Å²) < 4.78 is 5.24. The van der Waals surface area contributed by atoms with Crippen molar-refractivity contribution in [2.45, 2.75) is 51.0 Å². The molecule has 1 aromatic rings. The van der Waals surface area contributed by atoms with E-state index in [4.69, 9.17) is 4.74 Å². The maximum atomic E-state index is 11.7. The second-order valence-corrected chi connectivity index (χ2v) is 6.42. The summed E-state index contributed by atoms with van der Waals surface area (Å²) >= 11 is 0. The molecule has 0 radical (unpaired) electrons. The van der Waals surface area contributed by atoms with Gasteiger partial charge in [-0.15, -0.1) is 0 Å². The first kappa shape index (κ1) is 14.6. The minimum Gasteiger partial charge on any atom is -0.444 e. The molecule has 5 heteroatoms.